The van der Waals surface area contributed by atoms with E-state index in [0.29, 0.717) is 6.04 Å². The van der Waals surface area contributed by atoms with Gasteiger partial charge >= 0.3 is 0 Å². The van der Waals surface area contributed by atoms with Gasteiger partial charge in [-0.15, -0.1) is 0 Å². The molecule has 2 heteroatoms. The maximum Gasteiger partial charge on any atom is 0.0236 e. The normalized spacial score (nSPS) is 11.2. The highest BCUT2D eigenvalue weighted by molar-refractivity contribution is 7.80. The van der Waals surface area contributed by atoms with Crippen LogP contribution in [0.5, 0.6) is 0 Å². The average molecular weight is 209 g/mol. The van der Waals surface area contributed by atoms with Gasteiger partial charge in [-0.25, -0.2) is 0 Å². The van der Waals surface area contributed by atoms with E-state index >= 15 is 0 Å². The van der Waals surface area contributed by atoms with E-state index in [0.717, 1.165) is 18.8 Å². The second kappa shape index (κ2) is 6.10. The molecule has 0 unspecified atom stereocenters. The van der Waals surface area contributed by atoms with Gasteiger partial charge in [0.25, 0.3) is 0 Å². The van der Waals surface area contributed by atoms with Crippen molar-refractivity contribution >= 4 is 12.6 Å². The fourth-order valence-electron chi connectivity index (χ4n) is 1.47. The van der Waals surface area contributed by atoms with Crippen molar-refractivity contribution in [3.05, 3.63) is 35.9 Å². The van der Waals surface area contributed by atoms with E-state index in [2.05, 4.69) is 61.7 Å². The fourth-order valence-corrected chi connectivity index (χ4v) is 1.72. The van der Waals surface area contributed by atoms with Crippen LogP contribution in [-0.4, -0.2) is 23.2 Å². The predicted octanol–water partition coefficient (Wildman–Crippen LogP) is 2.83. The molecule has 1 aromatic rings. The number of thiol groups is 1. The van der Waals surface area contributed by atoms with Crippen LogP contribution in [0.2, 0.25) is 0 Å². The topological polar surface area (TPSA) is 3.24 Å². The molecule has 1 nitrogen and oxygen atoms in total. The zero-order chi connectivity index (χ0) is 10.4. The van der Waals surface area contributed by atoms with Crippen LogP contribution in [0.25, 0.3) is 0 Å². The highest BCUT2D eigenvalue weighted by Gasteiger charge is 2.08. The van der Waals surface area contributed by atoms with E-state index in [9.17, 15) is 0 Å². The van der Waals surface area contributed by atoms with Crippen LogP contribution >= 0.6 is 12.6 Å². The van der Waals surface area contributed by atoms with Gasteiger partial charge in [0.05, 0.1) is 0 Å². The molecule has 14 heavy (non-hydrogen) atoms. The van der Waals surface area contributed by atoms with Crippen molar-refractivity contribution in [2.45, 2.75) is 26.4 Å². The molecule has 78 valence electrons. The lowest BCUT2D eigenvalue weighted by Crippen LogP contribution is -2.32. The van der Waals surface area contributed by atoms with Crippen LogP contribution in [0.3, 0.4) is 0 Å². The van der Waals surface area contributed by atoms with Crippen molar-refractivity contribution in [3.63, 3.8) is 0 Å². The largest absolute Gasteiger partial charge is 0.296 e. The van der Waals surface area contributed by atoms with Crippen molar-refractivity contribution in [2.24, 2.45) is 0 Å². The molecular formula is C12H19NS. The van der Waals surface area contributed by atoms with Gasteiger partial charge in [-0.2, -0.15) is 12.6 Å². The lowest BCUT2D eigenvalue weighted by molar-refractivity contribution is 0.227. The molecular weight excluding hydrogens is 190 g/mol. The van der Waals surface area contributed by atoms with E-state index < -0.39 is 0 Å². The number of benzene rings is 1. The van der Waals surface area contributed by atoms with Gasteiger partial charge < -0.3 is 0 Å². The molecule has 0 aliphatic carbocycles. The van der Waals surface area contributed by atoms with E-state index in [4.69, 9.17) is 0 Å². The minimum atomic E-state index is 0.586. The standard InChI is InChI=1S/C12H19NS/c1-11(2)13(8-9-14)10-12-6-4-3-5-7-12/h3-7,11,14H,8-10H2,1-2H3. The Morgan fingerprint density at radius 3 is 2.36 bits per heavy atom. The van der Waals surface area contributed by atoms with Crippen molar-refractivity contribution in [2.75, 3.05) is 12.3 Å². The van der Waals surface area contributed by atoms with E-state index in [1.54, 1.807) is 0 Å². The molecule has 0 saturated heterocycles. The number of nitrogens with zero attached hydrogens (tertiary/aromatic N) is 1. The first-order valence-corrected chi connectivity index (χ1v) is 5.76. The minimum Gasteiger partial charge on any atom is -0.296 e. The smallest absolute Gasteiger partial charge is 0.0236 e. The molecule has 0 radical (unpaired) electrons. The van der Waals surface area contributed by atoms with Crippen molar-refractivity contribution in [1.29, 1.82) is 0 Å². The van der Waals surface area contributed by atoms with E-state index in [-0.39, 0.29) is 0 Å². The molecule has 0 aliphatic rings. The quantitative estimate of drug-likeness (QED) is 0.730. The molecule has 1 aromatic carbocycles. The van der Waals surface area contributed by atoms with Crippen LogP contribution in [-0.2, 0) is 6.54 Å². The maximum absolute atomic E-state index is 4.28. The summed E-state index contributed by atoms with van der Waals surface area (Å²) in [6, 6.07) is 11.2. The van der Waals surface area contributed by atoms with Crippen LogP contribution in [0.4, 0.5) is 0 Å². The first-order chi connectivity index (χ1) is 6.74. The Bertz CT molecular complexity index is 246. The third kappa shape index (κ3) is 3.72. The summed E-state index contributed by atoms with van der Waals surface area (Å²) in [6.07, 6.45) is 0. The van der Waals surface area contributed by atoms with Gasteiger partial charge in [-0.1, -0.05) is 30.3 Å². The summed E-state index contributed by atoms with van der Waals surface area (Å²) in [5.74, 6) is 0.922. The number of hydrogen-bond acceptors (Lipinski definition) is 2. The molecule has 0 fully saturated rings. The summed E-state index contributed by atoms with van der Waals surface area (Å²) in [5, 5.41) is 0. The molecule has 0 heterocycles. The Morgan fingerprint density at radius 2 is 1.86 bits per heavy atom. The SMILES string of the molecule is CC(C)N(CCS)Cc1ccccc1. The molecule has 0 atom stereocenters. The lowest BCUT2D eigenvalue weighted by Gasteiger charge is -2.25. The first-order valence-electron chi connectivity index (χ1n) is 5.13. The van der Waals surface area contributed by atoms with Gasteiger partial charge in [0.1, 0.15) is 0 Å². The molecule has 0 N–H and O–H groups in total. The summed E-state index contributed by atoms with van der Waals surface area (Å²) in [4.78, 5) is 2.43. The molecule has 0 aliphatic heterocycles. The molecule has 0 bridgehead atoms. The van der Waals surface area contributed by atoms with Crippen LogP contribution in [0.15, 0.2) is 30.3 Å². The van der Waals surface area contributed by atoms with Gasteiger partial charge in [0.15, 0.2) is 0 Å². The molecule has 1 rings (SSSR count). The number of hydrogen-bond donors (Lipinski definition) is 1. The Kier molecular flexibility index (Phi) is 5.05. The summed E-state index contributed by atoms with van der Waals surface area (Å²) < 4.78 is 0. The van der Waals surface area contributed by atoms with Gasteiger partial charge in [-0.05, 0) is 19.4 Å². The fraction of sp³-hybridized carbons (Fsp3) is 0.500. The van der Waals surface area contributed by atoms with Crippen LogP contribution < -0.4 is 0 Å². The Hall–Kier alpha value is -0.470. The van der Waals surface area contributed by atoms with Crippen molar-refractivity contribution in [3.8, 4) is 0 Å². The Morgan fingerprint density at radius 1 is 1.21 bits per heavy atom. The van der Waals surface area contributed by atoms with Crippen LogP contribution in [0, 0.1) is 0 Å². The average Bonchev–Trinajstić information content (AvgIpc) is 2.18. The summed E-state index contributed by atoms with van der Waals surface area (Å²) in [6.45, 7) is 6.54. The van der Waals surface area contributed by atoms with Gasteiger partial charge in [-0.3, -0.25) is 4.90 Å². The Balaban J connectivity index is 2.55. The molecule has 0 saturated carbocycles. The number of rotatable bonds is 5. The lowest BCUT2D eigenvalue weighted by atomic mass is 10.2. The summed E-state index contributed by atoms with van der Waals surface area (Å²) in [7, 11) is 0. The second-order valence-electron chi connectivity index (χ2n) is 3.77. The van der Waals surface area contributed by atoms with Gasteiger partial charge in [0.2, 0.25) is 0 Å². The third-order valence-corrected chi connectivity index (χ3v) is 2.55. The van der Waals surface area contributed by atoms with E-state index in [1.165, 1.54) is 5.56 Å². The van der Waals surface area contributed by atoms with Crippen molar-refractivity contribution in [1.82, 2.24) is 4.90 Å². The maximum atomic E-state index is 4.28. The Labute approximate surface area is 92.5 Å². The highest BCUT2D eigenvalue weighted by atomic mass is 32.1. The summed E-state index contributed by atoms with van der Waals surface area (Å²) in [5.41, 5.74) is 1.38. The zero-order valence-corrected chi connectivity index (χ0v) is 9.87. The molecule has 0 spiro atoms. The van der Waals surface area contributed by atoms with Crippen molar-refractivity contribution < 1.29 is 0 Å². The van der Waals surface area contributed by atoms with Gasteiger partial charge in [0, 0.05) is 24.9 Å². The zero-order valence-electron chi connectivity index (χ0n) is 8.98. The monoisotopic (exact) mass is 209 g/mol. The first kappa shape index (κ1) is 11.6. The summed E-state index contributed by atoms with van der Waals surface area (Å²) >= 11 is 4.28. The van der Waals surface area contributed by atoms with E-state index in [1.807, 2.05) is 0 Å². The highest BCUT2D eigenvalue weighted by Crippen LogP contribution is 2.07. The second-order valence-corrected chi connectivity index (χ2v) is 4.22. The predicted molar refractivity (Wildman–Crippen MR) is 65.8 cm³/mol. The van der Waals surface area contributed by atoms with Crippen LogP contribution in [0.1, 0.15) is 19.4 Å². The minimum absolute atomic E-state index is 0.586. The third-order valence-electron chi connectivity index (χ3n) is 2.35. The molecule has 0 aromatic heterocycles. The molecule has 0 amide bonds.